The van der Waals surface area contributed by atoms with Crippen molar-refractivity contribution in [3.63, 3.8) is 0 Å². The molecule has 1 amide bonds. The lowest BCUT2D eigenvalue weighted by molar-refractivity contribution is 0.102. The van der Waals surface area contributed by atoms with Crippen molar-refractivity contribution in [1.29, 1.82) is 0 Å². The average molecular weight is 344 g/mol. The number of nitrogens with one attached hydrogen (secondary N) is 1. The van der Waals surface area contributed by atoms with E-state index in [0.717, 1.165) is 11.8 Å². The van der Waals surface area contributed by atoms with Gasteiger partial charge in [-0.15, -0.1) is 0 Å². The molecule has 6 heteroatoms. The summed E-state index contributed by atoms with van der Waals surface area (Å²) in [5, 5.41) is 3.12. The summed E-state index contributed by atoms with van der Waals surface area (Å²) in [4.78, 5) is 15.5. The van der Waals surface area contributed by atoms with Gasteiger partial charge in [-0.05, 0) is 46.6 Å². The van der Waals surface area contributed by atoms with Gasteiger partial charge in [-0.2, -0.15) is 0 Å². The third-order valence-corrected chi connectivity index (χ3v) is 3.58. The Kier molecular flexibility index (Phi) is 4.17. The Hall–Kier alpha value is -1.46. The van der Waals surface area contributed by atoms with Crippen molar-refractivity contribution in [2.45, 2.75) is 6.92 Å². The number of aromatic nitrogens is 1. The van der Waals surface area contributed by atoms with Crippen LogP contribution in [-0.4, -0.2) is 10.9 Å². The maximum atomic E-state index is 13.4. The molecule has 2 rings (SSSR count). The van der Waals surface area contributed by atoms with Crippen molar-refractivity contribution in [3.8, 4) is 0 Å². The summed E-state index contributed by atoms with van der Waals surface area (Å²) in [7, 11) is 0. The van der Waals surface area contributed by atoms with Gasteiger partial charge in [-0.25, -0.2) is 4.39 Å². The van der Waals surface area contributed by atoms with E-state index in [1.54, 1.807) is 12.1 Å². The van der Waals surface area contributed by atoms with Crippen LogP contribution in [0.2, 0.25) is 5.02 Å². The summed E-state index contributed by atoms with van der Waals surface area (Å²) in [5.74, 6) is -1.23. The molecule has 0 unspecified atom stereocenters. The predicted molar refractivity (Wildman–Crippen MR) is 76.0 cm³/mol. The molecule has 0 spiro atoms. The van der Waals surface area contributed by atoms with Gasteiger partial charge in [-0.1, -0.05) is 11.6 Å². The lowest BCUT2D eigenvalue weighted by Crippen LogP contribution is -2.14. The second-order valence-electron chi connectivity index (χ2n) is 3.89. The highest BCUT2D eigenvalue weighted by atomic mass is 79.9. The van der Waals surface area contributed by atoms with Gasteiger partial charge in [0.25, 0.3) is 5.91 Å². The van der Waals surface area contributed by atoms with Crippen LogP contribution in [0.4, 0.5) is 10.1 Å². The number of rotatable bonds is 2. The lowest BCUT2D eigenvalue weighted by Gasteiger charge is -2.09. The number of carbonyl (C=O) groups is 1. The minimum Gasteiger partial charge on any atom is -0.321 e. The fourth-order valence-electron chi connectivity index (χ4n) is 1.49. The van der Waals surface area contributed by atoms with Crippen LogP contribution in [0, 0.1) is 12.7 Å². The highest BCUT2D eigenvalue weighted by Gasteiger charge is 2.13. The molecule has 19 heavy (non-hydrogen) atoms. The van der Waals surface area contributed by atoms with Crippen LogP contribution in [-0.2, 0) is 0 Å². The van der Waals surface area contributed by atoms with E-state index in [-0.39, 0.29) is 5.56 Å². The van der Waals surface area contributed by atoms with E-state index in [4.69, 9.17) is 11.6 Å². The molecule has 0 fully saturated rings. The first-order valence-electron chi connectivity index (χ1n) is 5.35. The van der Waals surface area contributed by atoms with E-state index in [9.17, 15) is 9.18 Å². The maximum Gasteiger partial charge on any atom is 0.258 e. The zero-order valence-electron chi connectivity index (χ0n) is 9.88. The minimum absolute atomic E-state index is 0.0707. The fraction of sp³-hybridized carbons (Fsp3) is 0.0769. The number of hydrogen-bond acceptors (Lipinski definition) is 2. The van der Waals surface area contributed by atoms with Crippen molar-refractivity contribution in [1.82, 2.24) is 4.98 Å². The van der Waals surface area contributed by atoms with E-state index in [1.165, 1.54) is 12.3 Å². The van der Waals surface area contributed by atoms with E-state index in [2.05, 4.69) is 26.2 Å². The first-order valence-corrected chi connectivity index (χ1v) is 6.52. The molecule has 1 aromatic heterocycles. The van der Waals surface area contributed by atoms with Crippen LogP contribution >= 0.6 is 27.5 Å². The lowest BCUT2D eigenvalue weighted by atomic mass is 10.2. The SMILES string of the molecule is Cc1cc(Br)c(NC(=O)c2ccncc2F)cc1Cl. The van der Waals surface area contributed by atoms with E-state index in [0.29, 0.717) is 15.2 Å². The second kappa shape index (κ2) is 5.67. The molecule has 0 aliphatic rings. The summed E-state index contributed by atoms with van der Waals surface area (Å²) in [6.07, 6.45) is 2.35. The van der Waals surface area contributed by atoms with E-state index in [1.807, 2.05) is 6.92 Å². The quantitative estimate of drug-likeness (QED) is 0.888. The Labute approximate surface area is 122 Å². The van der Waals surface area contributed by atoms with Crippen LogP contribution in [0.15, 0.2) is 35.1 Å². The number of benzene rings is 1. The zero-order chi connectivity index (χ0) is 14.0. The van der Waals surface area contributed by atoms with Crippen LogP contribution in [0.1, 0.15) is 15.9 Å². The topological polar surface area (TPSA) is 42.0 Å². The number of halogens is 3. The number of carbonyl (C=O) groups excluding carboxylic acids is 1. The molecule has 98 valence electrons. The van der Waals surface area contributed by atoms with Crippen LogP contribution in [0.25, 0.3) is 0 Å². The smallest absolute Gasteiger partial charge is 0.258 e. The highest BCUT2D eigenvalue weighted by Crippen LogP contribution is 2.29. The fourth-order valence-corrected chi connectivity index (χ4v) is 2.21. The summed E-state index contributed by atoms with van der Waals surface area (Å²) >= 11 is 9.31. The molecule has 3 nitrogen and oxygen atoms in total. The Morgan fingerprint density at radius 1 is 1.47 bits per heavy atom. The molecule has 0 atom stereocenters. The first kappa shape index (κ1) is 14.0. The van der Waals surface area contributed by atoms with Gasteiger partial charge >= 0.3 is 0 Å². The molecular weight excluding hydrogens is 335 g/mol. The van der Waals surface area contributed by atoms with Crippen molar-refractivity contribution in [3.05, 3.63) is 57.0 Å². The van der Waals surface area contributed by atoms with E-state index >= 15 is 0 Å². The van der Waals surface area contributed by atoms with Gasteiger partial charge in [0.05, 0.1) is 17.4 Å². The predicted octanol–water partition coefficient (Wildman–Crippen LogP) is 4.20. The summed E-state index contributed by atoms with van der Waals surface area (Å²) in [6.45, 7) is 1.85. The number of amides is 1. The van der Waals surface area contributed by atoms with Gasteiger partial charge in [0.1, 0.15) is 0 Å². The third-order valence-electron chi connectivity index (χ3n) is 2.51. The Morgan fingerprint density at radius 3 is 2.89 bits per heavy atom. The Balaban J connectivity index is 2.30. The molecule has 1 aromatic carbocycles. The Morgan fingerprint density at radius 2 is 2.21 bits per heavy atom. The monoisotopic (exact) mass is 342 g/mol. The molecule has 0 aliphatic heterocycles. The van der Waals surface area contributed by atoms with Gasteiger partial charge in [0.15, 0.2) is 5.82 Å². The largest absolute Gasteiger partial charge is 0.321 e. The molecule has 0 saturated heterocycles. The average Bonchev–Trinajstić information content (AvgIpc) is 2.36. The van der Waals surface area contributed by atoms with E-state index < -0.39 is 11.7 Å². The molecule has 1 heterocycles. The summed E-state index contributed by atoms with van der Waals surface area (Å²) in [6, 6.07) is 4.70. The number of anilines is 1. The standard InChI is InChI=1S/C13H9BrClFN2O/c1-7-4-9(14)12(5-10(7)15)18-13(19)8-2-3-17-6-11(8)16/h2-6H,1H3,(H,18,19). The van der Waals surface area contributed by atoms with Gasteiger partial charge in [0, 0.05) is 15.7 Å². The third kappa shape index (κ3) is 3.11. The number of pyridine rings is 1. The summed E-state index contributed by atoms with van der Waals surface area (Å²) in [5.41, 5.74) is 1.29. The van der Waals surface area contributed by atoms with Gasteiger partial charge in [-0.3, -0.25) is 9.78 Å². The normalized spacial score (nSPS) is 10.3. The minimum atomic E-state index is -0.672. The molecular formula is C13H9BrClFN2O. The summed E-state index contributed by atoms with van der Waals surface area (Å²) < 4.78 is 14.1. The van der Waals surface area contributed by atoms with Crippen molar-refractivity contribution in [2.24, 2.45) is 0 Å². The number of nitrogens with zero attached hydrogens (tertiary/aromatic N) is 1. The Bertz CT molecular complexity index is 649. The molecule has 0 bridgehead atoms. The second-order valence-corrected chi connectivity index (χ2v) is 5.15. The van der Waals surface area contributed by atoms with Crippen molar-refractivity contribution < 1.29 is 9.18 Å². The van der Waals surface area contributed by atoms with Gasteiger partial charge in [0.2, 0.25) is 0 Å². The van der Waals surface area contributed by atoms with Crippen molar-refractivity contribution in [2.75, 3.05) is 5.32 Å². The molecule has 0 radical (unpaired) electrons. The van der Waals surface area contributed by atoms with Gasteiger partial charge < -0.3 is 5.32 Å². The van der Waals surface area contributed by atoms with Crippen LogP contribution in [0.5, 0.6) is 0 Å². The molecule has 1 N–H and O–H groups in total. The maximum absolute atomic E-state index is 13.4. The highest BCUT2D eigenvalue weighted by molar-refractivity contribution is 9.10. The molecule has 0 aliphatic carbocycles. The van der Waals surface area contributed by atoms with Crippen LogP contribution < -0.4 is 5.32 Å². The van der Waals surface area contributed by atoms with Crippen molar-refractivity contribution >= 4 is 39.1 Å². The van der Waals surface area contributed by atoms with Crippen LogP contribution in [0.3, 0.4) is 0 Å². The number of aryl methyl sites for hydroxylation is 1. The molecule has 0 saturated carbocycles. The number of hydrogen-bond donors (Lipinski definition) is 1. The zero-order valence-corrected chi connectivity index (χ0v) is 12.2. The molecule has 2 aromatic rings. The first-order chi connectivity index (χ1) is 8.99.